The average molecular weight is 241 g/mol. The molecule has 1 fully saturated rings. The number of methoxy groups -OCH3 is 1. The summed E-state index contributed by atoms with van der Waals surface area (Å²) in [4.78, 5) is 25.3. The molecule has 1 amide bonds. The molecule has 0 N–H and O–H groups in total. The number of nitrogens with zero attached hydrogens (tertiary/aromatic N) is 1. The van der Waals surface area contributed by atoms with Crippen LogP contribution < -0.4 is 0 Å². The summed E-state index contributed by atoms with van der Waals surface area (Å²) in [5.74, 6) is -0.0467. The number of rotatable bonds is 2. The van der Waals surface area contributed by atoms with E-state index in [1.165, 1.54) is 7.11 Å². The largest absolute Gasteiger partial charge is 0.469 e. The fourth-order valence-electron chi connectivity index (χ4n) is 2.19. The highest BCUT2D eigenvalue weighted by molar-refractivity contribution is 5.80. The van der Waals surface area contributed by atoms with Crippen molar-refractivity contribution in [2.45, 2.75) is 34.1 Å². The van der Waals surface area contributed by atoms with Crippen molar-refractivity contribution in [1.82, 2.24) is 4.90 Å². The van der Waals surface area contributed by atoms with Gasteiger partial charge in [-0.25, -0.2) is 0 Å². The molecule has 0 aromatic heterocycles. The maximum Gasteiger partial charge on any atom is 0.310 e. The summed E-state index contributed by atoms with van der Waals surface area (Å²) in [7, 11) is 1.40. The fourth-order valence-corrected chi connectivity index (χ4v) is 2.19. The smallest absolute Gasteiger partial charge is 0.310 e. The molecule has 2 atom stereocenters. The standard InChI is InChI=1S/C13H23NO3/c1-9-7-14(8-10(9)12(16)17-5)11(15)6-13(2,3)4/h9-10H,6-8H2,1-5H3. The van der Waals surface area contributed by atoms with E-state index in [1.807, 2.05) is 27.7 Å². The number of hydrogen-bond donors (Lipinski definition) is 0. The minimum atomic E-state index is -0.205. The van der Waals surface area contributed by atoms with Gasteiger partial charge in [0.15, 0.2) is 0 Å². The predicted octanol–water partition coefficient (Wildman–Crippen LogP) is 1.69. The molecule has 1 heterocycles. The summed E-state index contributed by atoms with van der Waals surface area (Å²) in [6.07, 6.45) is 0.521. The molecule has 4 nitrogen and oxygen atoms in total. The first-order valence-electron chi connectivity index (χ1n) is 6.10. The van der Waals surface area contributed by atoms with Gasteiger partial charge in [0, 0.05) is 19.5 Å². The van der Waals surface area contributed by atoms with Gasteiger partial charge in [0.25, 0.3) is 0 Å². The van der Waals surface area contributed by atoms with Crippen LogP contribution in [0.25, 0.3) is 0 Å². The zero-order valence-electron chi connectivity index (χ0n) is 11.4. The van der Waals surface area contributed by atoms with Crippen LogP contribution in [-0.2, 0) is 14.3 Å². The molecule has 1 rings (SSSR count). The first-order valence-corrected chi connectivity index (χ1v) is 6.10. The van der Waals surface area contributed by atoms with Crippen LogP contribution in [0, 0.1) is 17.3 Å². The van der Waals surface area contributed by atoms with E-state index in [0.29, 0.717) is 19.5 Å². The van der Waals surface area contributed by atoms with Crippen LogP contribution in [0.3, 0.4) is 0 Å². The molecule has 4 heteroatoms. The van der Waals surface area contributed by atoms with Crippen molar-refractivity contribution in [1.29, 1.82) is 0 Å². The van der Waals surface area contributed by atoms with E-state index in [2.05, 4.69) is 0 Å². The van der Waals surface area contributed by atoms with Gasteiger partial charge in [-0.1, -0.05) is 27.7 Å². The molecule has 17 heavy (non-hydrogen) atoms. The van der Waals surface area contributed by atoms with E-state index in [1.54, 1.807) is 4.90 Å². The number of carbonyl (C=O) groups excluding carboxylic acids is 2. The maximum absolute atomic E-state index is 12.0. The summed E-state index contributed by atoms with van der Waals surface area (Å²) in [5, 5.41) is 0. The Balaban J connectivity index is 2.60. The van der Waals surface area contributed by atoms with Crippen LogP contribution in [0.5, 0.6) is 0 Å². The van der Waals surface area contributed by atoms with Gasteiger partial charge in [-0.2, -0.15) is 0 Å². The Hall–Kier alpha value is -1.06. The third-order valence-electron chi connectivity index (χ3n) is 3.15. The lowest BCUT2D eigenvalue weighted by Crippen LogP contribution is -2.32. The number of likely N-dealkylation sites (tertiary alicyclic amines) is 1. The van der Waals surface area contributed by atoms with E-state index in [0.717, 1.165) is 0 Å². The van der Waals surface area contributed by atoms with Crippen LogP contribution in [0.4, 0.5) is 0 Å². The summed E-state index contributed by atoms with van der Waals surface area (Å²) in [6.45, 7) is 9.29. The Morgan fingerprint density at radius 1 is 1.29 bits per heavy atom. The van der Waals surface area contributed by atoms with Crippen molar-refractivity contribution >= 4 is 11.9 Å². The highest BCUT2D eigenvalue weighted by Gasteiger charge is 2.38. The lowest BCUT2D eigenvalue weighted by molar-refractivity contribution is -0.146. The van der Waals surface area contributed by atoms with E-state index in [4.69, 9.17) is 4.74 Å². The molecule has 0 bridgehead atoms. The van der Waals surface area contributed by atoms with Gasteiger partial charge in [0.2, 0.25) is 5.91 Å². The van der Waals surface area contributed by atoms with Crippen molar-refractivity contribution in [3.8, 4) is 0 Å². The molecule has 0 saturated carbocycles. The topological polar surface area (TPSA) is 46.6 Å². The van der Waals surface area contributed by atoms with Gasteiger partial charge in [0.05, 0.1) is 13.0 Å². The zero-order valence-corrected chi connectivity index (χ0v) is 11.4. The monoisotopic (exact) mass is 241 g/mol. The van der Waals surface area contributed by atoms with Crippen molar-refractivity contribution in [2.75, 3.05) is 20.2 Å². The SMILES string of the molecule is COC(=O)C1CN(C(=O)CC(C)(C)C)CC1C. The lowest BCUT2D eigenvalue weighted by Gasteiger charge is -2.22. The number of hydrogen-bond acceptors (Lipinski definition) is 3. The van der Waals surface area contributed by atoms with Crippen molar-refractivity contribution in [3.63, 3.8) is 0 Å². The molecule has 1 saturated heterocycles. The molecule has 0 aromatic rings. The lowest BCUT2D eigenvalue weighted by atomic mass is 9.92. The molecule has 98 valence electrons. The summed E-state index contributed by atoms with van der Waals surface area (Å²) < 4.78 is 4.76. The van der Waals surface area contributed by atoms with Crippen molar-refractivity contribution in [3.05, 3.63) is 0 Å². The van der Waals surface area contributed by atoms with Gasteiger partial charge in [-0.15, -0.1) is 0 Å². The highest BCUT2D eigenvalue weighted by Crippen LogP contribution is 2.27. The van der Waals surface area contributed by atoms with Gasteiger partial charge >= 0.3 is 5.97 Å². The van der Waals surface area contributed by atoms with Crippen LogP contribution in [0.2, 0.25) is 0 Å². The second kappa shape index (κ2) is 5.07. The Kier molecular flexibility index (Phi) is 4.17. The van der Waals surface area contributed by atoms with Crippen LogP contribution in [-0.4, -0.2) is 37.0 Å². The van der Waals surface area contributed by atoms with Gasteiger partial charge in [-0.05, 0) is 11.3 Å². The second-order valence-electron chi connectivity index (χ2n) is 6.14. The number of amides is 1. The Morgan fingerprint density at radius 2 is 1.88 bits per heavy atom. The highest BCUT2D eigenvalue weighted by atomic mass is 16.5. The zero-order chi connectivity index (χ0) is 13.2. The normalized spacial score (nSPS) is 24.9. The summed E-state index contributed by atoms with van der Waals surface area (Å²) >= 11 is 0. The fraction of sp³-hybridized carbons (Fsp3) is 0.846. The molecule has 2 unspecified atom stereocenters. The molecule has 0 spiro atoms. The molecule has 0 radical (unpaired) electrons. The third-order valence-corrected chi connectivity index (χ3v) is 3.15. The first-order chi connectivity index (χ1) is 7.74. The van der Waals surface area contributed by atoms with E-state index < -0.39 is 0 Å². The van der Waals surface area contributed by atoms with E-state index >= 15 is 0 Å². The van der Waals surface area contributed by atoms with Crippen molar-refractivity contribution < 1.29 is 14.3 Å². The Bertz CT molecular complexity index is 306. The molecular weight excluding hydrogens is 218 g/mol. The van der Waals surface area contributed by atoms with Crippen molar-refractivity contribution in [2.24, 2.45) is 17.3 Å². The minimum Gasteiger partial charge on any atom is -0.469 e. The predicted molar refractivity (Wildman–Crippen MR) is 65.3 cm³/mol. The maximum atomic E-state index is 12.0. The molecule has 0 aliphatic carbocycles. The molecule has 1 aliphatic heterocycles. The summed E-state index contributed by atoms with van der Waals surface area (Å²) in [6, 6.07) is 0. The number of ether oxygens (including phenoxy) is 1. The molecule has 1 aliphatic rings. The average Bonchev–Trinajstić information content (AvgIpc) is 2.57. The Morgan fingerprint density at radius 3 is 2.35 bits per heavy atom. The van der Waals surface area contributed by atoms with Gasteiger partial charge in [-0.3, -0.25) is 9.59 Å². The summed E-state index contributed by atoms with van der Waals surface area (Å²) in [5.41, 5.74) is -0.0102. The number of esters is 1. The van der Waals surface area contributed by atoms with Crippen LogP contribution in [0.1, 0.15) is 34.1 Å². The van der Waals surface area contributed by atoms with Crippen LogP contribution in [0.15, 0.2) is 0 Å². The van der Waals surface area contributed by atoms with E-state index in [-0.39, 0.29) is 29.1 Å². The van der Waals surface area contributed by atoms with Crippen LogP contribution >= 0.6 is 0 Å². The second-order valence-corrected chi connectivity index (χ2v) is 6.14. The first kappa shape index (κ1) is 14.0. The quantitative estimate of drug-likeness (QED) is 0.691. The third kappa shape index (κ3) is 3.72. The number of carbonyl (C=O) groups is 2. The molecule has 0 aromatic carbocycles. The van der Waals surface area contributed by atoms with Gasteiger partial charge < -0.3 is 9.64 Å². The van der Waals surface area contributed by atoms with Gasteiger partial charge in [0.1, 0.15) is 0 Å². The minimum absolute atomic E-state index is 0.0102. The van der Waals surface area contributed by atoms with E-state index in [9.17, 15) is 9.59 Å². The Labute approximate surface area is 103 Å². The molecular formula is C13H23NO3.